The maximum atomic E-state index is 12.7. The van der Waals surface area contributed by atoms with Crippen LogP contribution in [-0.2, 0) is 24.4 Å². The van der Waals surface area contributed by atoms with Crippen molar-refractivity contribution in [1.29, 1.82) is 0 Å². The number of amidine groups is 1. The summed E-state index contributed by atoms with van der Waals surface area (Å²) < 4.78 is 11.4. The van der Waals surface area contributed by atoms with Crippen LogP contribution < -0.4 is 15.4 Å². The van der Waals surface area contributed by atoms with Gasteiger partial charge >= 0.3 is 0 Å². The summed E-state index contributed by atoms with van der Waals surface area (Å²) >= 11 is 0. The fourth-order valence-electron chi connectivity index (χ4n) is 5.40. The number of nitrogens with zero attached hydrogens (tertiary/aromatic N) is 3. The number of carbonyl (C=O) groups excluding carboxylic acids is 1. The number of aliphatic imine (C=N–C) groups is 1. The number of ether oxygens (including phenoxy) is 1. The predicted octanol–water partition coefficient (Wildman–Crippen LogP) is 2.66. The van der Waals surface area contributed by atoms with Gasteiger partial charge in [-0.15, -0.1) is 0 Å². The molecule has 1 aromatic carbocycles. The second kappa shape index (κ2) is 11.6. The van der Waals surface area contributed by atoms with E-state index < -0.39 is 6.10 Å². The van der Waals surface area contributed by atoms with Gasteiger partial charge in [0, 0.05) is 51.1 Å². The van der Waals surface area contributed by atoms with Gasteiger partial charge < -0.3 is 24.9 Å². The minimum atomic E-state index is -0.607. The molecule has 0 bridgehead atoms. The fraction of sp³-hybridized carbons (Fsp3) is 0.607. The van der Waals surface area contributed by atoms with E-state index in [0.29, 0.717) is 32.2 Å². The van der Waals surface area contributed by atoms with Crippen LogP contribution in [0.25, 0.3) is 0 Å². The van der Waals surface area contributed by atoms with Gasteiger partial charge in [-0.3, -0.25) is 14.7 Å². The summed E-state index contributed by atoms with van der Waals surface area (Å²) in [5, 5.41) is 17.1. The quantitative estimate of drug-likeness (QED) is 0.476. The normalized spacial score (nSPS) is 20.9. The highest BCUT2D eigenvalue weighted by Gasteiger charge is 2.27. The van der Waals surface area contributed by atoms with Crippen LogP contribution >= 0.6 is 0 Å². The van der Waals surface area contributed by atoms with Gasteiger partial charge in [0.25, 0.3) is 0 Å². The van der Waals surface area contributed by atoms with Crippen LogP contribution in [0, 0.1) is 19.8 Å². The first-order chi connectivity index (χ1) is 18.0. The van der Waals surface area contributed by atoms with Crippen molar-refractivity contribution in [3.8, 4) is 5.75 Å². The van der Waals surface area contributed by atoms with E-state index >= 15 is 0 Å². The molecule has 2 atom stereocenters. The second-order valence-electron chi connectivity index (χ2n) is 10.7. The third-order valence-electron chi connectivity index (χ3n) is 7.97. The van der Waals surface area contributed by atoms with Gasteiger partial charge in [-0.25, -0.2) is 4.98 Å². The molecule has 0 spiro atoms. The number of hydrogen-bond donors (Lipinski definition) is 3. The molecular weight excluding hydrogens is 470 g/mol. The first-order valence-electron chi connectivity index (χ1n) is 13.6. The second-order valence-corrected chi connectivity index (χ2v) is 10.7. The van der Waals surface area contributed by atoms with Gasteiger partial charge in [0.1, 0.15) is 12.4 Å². The number of nitrogens with one attached hydrogen (secondary N) is 2. The highest BCUT2D eigenvalue weighted by Crippen LogP contribution is 2.30. The molecule has 37 heavy (non-hydrogen) atoms. The Morgan fingerprint density at radius 1 is 1.30 bits per heavy atom. The average molecular weight is 510 g/mol. The van der Waals surface area contributed by atoms with Crippen LogP contribution in [0.3, 0.4) is 0 Å². The summed E-state index contributed by atoms with van der Waals surface area (Å²) in [4.78, 5) is 23.7. The van der Waals surface area contributed by atoms with Gasteiger partial charge in [0.2, 0.25) is 5.91 Å². The molecular formula is C28H39N5O4. The third kappa shape index (κ3) is 6.33. The number of benzene rings is 1. The van der Waals surface area contributed by atoms with Crippen molar-refractivity contribution < 1.29 is 19.1 Å². The Balaban J connectivity index is 1.07. The smallest absolute Gasteiger partial charge is 0.223 e. The SMILES string of the molecule is Cc1ncoc1COc1ccc2c(c1C)CCN(C[C@@H](O)CNC(=O)C1CCN=C(NC3CCC3)C1)C2. The molecule has 200 valence electrons. The summed E-state index contributed by atoms with van der Waals surface area (Å²) in [6.45, 7) is 7.50. The van der Waals surface area contributed by atoms with Gasteiger partial charge in [-0.2, -0.15) is 0 Å². The fourth-order valence-corrected chi connectivity index (χ4v) is 5.40. The topological polar surface area (TPSA) is 112 Å². The minimum absolute atomic E-state index is 0.0227. The summed E-state index contributed by atoms with van der Waals surface area (Å²) in [7, 11) is 0. The number of hydrogen-bond acceptors (Lipinski definition) is 8. The van der Waals surface area contributed by atoms with E-state index in [9.17, 15) is 9.90 Å². The van der Waals surface area contributed by atoms with E-state index in [2.05, 4.69) is 38.5 Å². The molecule has 3 N–H and O–H groups in total. The number of fused-ring (bicyclic) bond motifs is 1. The Morgan fingerprint density at radius 3 is 2.92 bits per heavy atom. The van der Waals surface area contributed by atoms with Crippen LogP contribution in [-0.4, -0.2) is 65.1 Å². The minimum Gasteiger partial charge on any atom is -0.485 e. The maximum Gasteiger partial charge on any atom is 0.223 e. The van der Waals surface area contributed by atoms with Crippen LogP contribution in [0.5, 0.6) is 5.75 Å². The zero-order valence-corrected chi connectivity index (χ0v) is 22.0. The van der Waals surface area contributed by atoms with Crippen molar-refractivity contribution in [2.45, 2.75) is 77.7 Å². The van der Waals surface area contributed by atoms with Crippen molar-refractivity contribution in [1.82, 2.24) is 20.5 Å². The molecule has 1 saturated carbocycles. The van der Waals surface area contributed by atoms with E-state index in [4.69, 9.17) is 9.15 Å². The molecule has 1 aliphatic carbocycles. The van der Waals surface area contributed by atoms with Gasteiger partial charge in [0.05, 0.1) is 17.6 Å². The zero-order chi connectivity index (χ0) is 25.8. The Kier molecular flexibility index (Phi) is 8.10. The molecule has 3 heterocycles. The van der Waals surface area contributed by atoms with Crippen LogP contribution in [0.2, 0.25) is 0 Å². The monoisotopic (exact) mass is 509 g/mol. The number of oxazole rings is 1. The number of aromatic nitrogens is 1. The van der Waals surface area contributed by atoms with Gasteiger partial charge in [0.15, 0.2) is 12.2 Å². The maximum absolute atomic E-state index is 12.7. The number of carbonyl (C=O) groups is 1. The predicted molar refractivity (Wildman–Crippen MR) is 141 cm³/mol. The summed E-state index contributed by atoms with van der Waals surface area (Å²) in [6, 6.07) is 4.66. The molecule has 2 aliphatic heterocycles. The molecule has 0 saturated heterocycles. The number of rotatable bonds is 9. The average Bonchev–Trinajstić information content (AvgIpc) is 3.29. The first-order valence-corrected chi connectivity index (χ1v) is 13.6. The largest absolute Gasteiger partial charge is 0.485 e. The Bertz CT molecular complexity index is 1130. The summed E-state index contributed by atoms with van der Waals surface area (Å²) in [5.74, 6) is 2.54. The number of aliphatic hydroxyl groups is 1. The molecule has 1 unspecified atom stereocenters. The molecule has 1 aromatic heterocycles. The van der Waals surface area contributed by atoms with Crippen LogP contribution in [0.1, 0.15) is 60.2 Å². The van der Waals surface area contributed by atoms with E-state index in [0.717, 1.165) is 54.5 Å². The number of aliphatic hydroxyl groups excluding tert-OH is 1. The van der Waals surface area contributed by atoms with Gasteiger partial charge in [-0.1, -0.05) is 6.07 Å². The molecule has 5 rings (SSSR count). The number of β-amino-alcohol motifs (C(OH)–C–C–N with tert-alkyl or cyclic N) is 1. The van der Waals surface area contributed by atoms with E-state index in [-0.39, 0.29) is 18.4 Å². The lowest BCUT2D eigenvalue weighted by Crippen LogP contribution is -2.46. The Hall–Kier alpha value is -2.91. The number of amides is 1. The molecule has 1 amide bonds. The van der Waals surface area contributed by atoms with Crippen LogP contribution in [0.4, 0.5) is 0 Å². The third-order valence-corrected chi connectivity index (χ3v) is 7.97. The lowest BCUT2D eigenvalue weighted by Gasteiger charge is -2.32. The Labute approximate surface area is 218 Å². The van der Waals surface area contributed by atoms with Crippen molar-refractivity contribution in [3.05, 3.63) is 46.7 Å². The summed E-state index contributed by atoms with van der Waals surface area (Å²) in [6.07, 6.45) is 6.84. The molecule has 0 radical (unpaired) electrons. The highest BCUT2D eigenvalue weighted by molar-refractivity contribution is 5.89. The Morgan fingerprint density at radius 2 is 2.16 bits per heavy atom. The lowest BCUT2D eigenvalue weighted by molar-refractivity contribution is -0.125. The molecule has 9 heteroatoms. The molecule has 1 fully saturated rings. The standard InChI is InChI=1S/C28H39N5O4/c1-18-24-9-11-33(14-21(24)6-7-25(18)36-16-26-19(2)31-17-37-26)15-23(34)13-30-28(35)20-8-10-29-27(12-20)32-22-4-3-5-22/h6-7,17,20,22-23,34H,3-5,8-16H2,1-2H3,(H,29,32)(H,30,35)/t20?,23-/m0/s1. The van der Waals surface area contributed by atoms with E-state index in [1.807, 2.05) is 13.0 Å². The van der Waals surface area contributed by atoms with Crippen molar-refractivity contribution in [3.63, 3.8) is 0 Å². The summed E-state index contributed by atoms with van der Waals surface area (Å²) in [5.41, 5.74) is 4.58. The van der Waals surface area contributed by atoms with Crippen molar-refractivity contribution >= 4 is 11.7 Å². The first kappa shape index (κ1) is 25.7. The van der Waals surface area contributed by atoms with Crippen molar-refractivity contribution in [2.75, 3.05) is 26.2 Å². The van der Waals surface area contributed by atoms with E-state index in [1.165, 1.54) is 36.8 Å². The van der Waals surface area contributed by atoms with E-state index in [1.54, 1.807) is 0 Å². The number of aryl methyl sites for hydroxylation is 1. The molecule has 3 aliphatic rings. The van der Waals surface area contributed by atoms with Crippen molar-refractivity contribution in [2.24, 2.45) is 10.9 Å². The molecule has 2 aromatic rings. The molecule has 9 nitrogen and oxygen atoms in total. The highest BCUT2D eigenvalue weighted by atomic mass is 16.5. The van der Waals surface area contributed by atoms with Crippen LogP contribution in [0.15, 0.2) is 27.9 Å². The zero-order valence-electron chi connectivity index (χ0n) is 22.0. The van der Waals surface area contributed by atoms with Gasteiger partial charge in [-0.05, 0) is 68.7 Å². The lowest BCUT2D eigenvalue weighted by atomic mass is 9.91.